The van der Waals surface area contributed by atoms with Crippen molar-refractivity contribution in [1.82, 2.24) is 4.98 Å². The fourth-order valence-corrected chi connectivity index (χ4v) is 1.98. The van der Waals surface area contributed by atoms with Crippen LogP contribution in [0.15, 0.2) is 30.3 Å². The summed E-state index contributed by atoms with van der Waals surface area (Å²) < 4.78 is 0. The number of anilines is 1. The molecule has 0 spiro atoms. The summed E-state index contributed by atoms with van der Waals surface area (Å²) in [6, 6.07) is 9.73. The average molecular weight is 257 g/mol. The van der Waals surface area contributed by atoms with Crippen molar-refractivity contribution in [3.05, 3.63) is 36.0 Å². The van der Waals surface area contributed by atoms with Gasteiger partial charge in [0.05, 0.1) is 11.2 Å². The van der Waals surface area contributed by atoms with Gasteiger partial charge in [-0.1, -0.05) is 18.2 Å². The van der Waals surface area contributed by atoms with E-state index in [1.165, 1.54) is 0 Å². The molecule has 1 heterocycles. The van der Waals surface area contributed by atoms with Crippen molar-refractivity contribution in [3.63, 3.8) is 0 Å². The molecule has 1 aromatic carbocycles. The average Bonchev–Trinajstić information content (AvgIpc) is 2.36. The quantitative estimate of drug-likeness (QED) is 0.884. The third-order valence-electron chi connectivity index (χ3n) is 2.95. The molecule has 4 heteroatoms. The van der Waals surface area contributed by atoms with Crippen LogP contribution < -0.4 is 11.1 Å². The Morgan fingerprint density at radius 2 is 2.16 bits per heavy atom. The van der Waals surface area contributed by atoms with Crippen LogP contribution in [0, 0.1) is 6.92 Å². The highest BCUT2D eigenvalue weighted by Crippen LogP contribution is 2.23. The summed E-state index contributed by atoms with van der Waals surface area (Å²) >= 11 is 0. The molecular formula is C15H19N3O. The van der Waals surface area contributed by atoms with Crippen molar-refractivity contribution in [2.24, 2.45) is 5.73 Å². The topological polar surface area (TPSA) is 68.0 Å². The third-order valence-corrected chi connectivity index (χ3v) is 2.95. The van der Waals surface area contributed by atoms with E-state index in [1.54, 1.807) is 0 Å². The van der Waals surface area contributed by atoms with E-state index in [0.717, 1.165) is 22.3 Å². The lowest BCUT2D eigenvalue weighted by Crippen LogP contribution is -2.19. The SMILES string of the molecule is Cc1cc(NC(=O)CCC(C)N)c2ccccc2n1. The summed E-state index contributed by atoms with van der Waals surface area (Å²) in [5.74, 6) is -0.00643. The maximum atomic E-state index is 11.9. The number of amides is 1. The smallest absolute Gasteiger partial charge is 0.224 e. The zero-order valence-corrected chi connectivity index (χ0v) is 11.3. The van der Waals surface area contributed by atoms with Crippen molar-refractivity contribution in [1.29, 1.82) is 0 Å². The summed E-state index contributed by atoms with van der Waals surface area (Å²) in [5, 5.41) is 3.91. The normalized spacial score (nSPS) is 12.4. The minimum Gasteiger partial charge on any atom is -0.328 e. The summed E-state index contributed by atoms with van der Waals surface area (Å²) in [5.41, 5.74) is 8.26. The molecular weight excluding hydrogens is 238 g/mol. The van der Waals surface area contributed by atoms with Crippen molar-refractivity contribution in [2.75, 3.05) is 5.32 Å². The highest BCUT2D eigenvalue weighted by Gasteiger charge is 2.08. The van der Waals surface area contributed by atoms with Crippen LogP contribution in [0.4, 0.5) is 5.69 Å². The van der Waals surface area contributed by atoms with Gasteiger partial charge in [0, 0.05) is 23.5 Å². The molecule has 1 amide bonds. The van der Waals surface area contributed by atoms with Gasteiger partial charge in [0.25, 0.3) is 0 Å². The lowest BCUT2D eigenvalue weighted by molar-refractivity contribution is -0.116. The Morgan fingerprint density at radius 1 is 1.42 bits per heavy atom. The number of nitrogens with zero attached hydrogens (tertiary/aromatic N) is 1. The Labute approximate surface area is 113 Å². The van der Waals surface area contributed by atoms with E-state index >= 15 is 0 Å². The molecule has 0 bridgehead atoms. The fourth-order valence-electron chi connectivity index (χ4n) is 1.98. The van der Waals surface area contributed by atoms with E-state index in [-0.39, 0.29) is 11.9 Å². The molecule has 0 aliphatic rings. The molecule has 0 radical (unpaired) electrons. The van der Waals surface area contributed by atoms with Crippen molar-refractivity contribution in [3.8, 4) is 0 Å². The number of fused-ring (bicyclic) bond motifs is 1. The molecule has 1 atom stereocenters. The summed E-state index contributed by atoms with van der Waals surface area (Å²) in [6.45, 7) is 3.82. The largest absolute Gasteiger partial charge is 0.328 e. The maximum Gasteiger partial charge on any atom is 0.224 e. The summed E-state index contributed by atoms with van der Waals surface area (Å²) in [6.07, 6.45) is 1.13. The lowest BCUT2D eigenvalue weighted by atomic mass is 10.1. The number of nitrogens with two attached hydrogens (primary N) is 1. The highest BCUT2D eigenvalue weighted by atomic mass is 16.1. The first kappa shape index (κ1) is 13.5. The first-order chi connectivity index (χ1) is 9.06. The third kappa shape index (κ3) is 3.51. The minimum atomic E-state index is -0.00643. The Morgan fingerprint density at radius 3 is 2.89 bits per heavy atom. The van der Waals surface area contributed by atoms with E-state index in [0.29, 0.717) is 12.8 Å². The molecule has 0 saturated carbocycles. The fraction of sp³-hybridized carbons (Fsp3) is 0.333. The van der Waals surface area contributed by atoms with Crippen LogP contribution in [0.3, 0.4) is 0 Å². The number of pyridine rings is 1. The molecule has 1 aromatic heterocycles. The molecule has 19 heavy (non-hydrogen) atoms. The standard InChI is InChI=1S/C15H19N3O/c1-10(16)7-8-15(19)18-14-9-11(2)17-13-6-4-3-5-12(13)14/h3-6,9-10H,7-8,16H2,1-2H3,(H,17,18,19). The molecule has 2 aromatic rings. The summed E-state index contributed by atoms with van der Waals surface area (Å²) in [4.78, 5) is 16.3. The Balaban J connectivity index is 2.22. The van der Waals surface area contributed by atoms with E-state index in [2.05, 4.69) is 10.3 Å². The highest BCUT2D eigenvalue weighted by molar-refractivity contribution is 6.00. The number of carbonyl (C=O) groups excluding carboxylic acids is 1. The molecule has 3 N–H and O–H groups in total. The van der Waals surface area contributed by atoms with Gasteiger partial charge in [-0.25, -0.2) is 0 Å². The Bertz CT molecular complexity index is 593. The second kappa shape index (κ2) is 5.80. The van der Waals surface area contributed by atoms with E-state index in [4.69, 9.17) is 5.73 Å². The van der Waals surface area contributed by atoms with E-state index in [9.17, 15) is 4.79 Å². The molecule has 2 rings (SSSR count). The monoisotopic (exact) mass is 257 g/mol. The van der Waals surface area contributed by atoms with Crippen LogP contribution in [0.25, 0.3) is 10.9 Å². The van der Waals surface area contributed by atoms with Crippen LogP contribution >= 0.6 is 0 Å². The lowest BCUT2D eigenvalue weighted by Gasteiger charge is -2.10. The van der Waals surface area contributed by atoms with Crippen molar-refractivity contribution < 1.29 is 4.79 Å². The van der Waals surface area contributed by atoms with Crippen molar-refractivity contribution in [2.45, 2.75) is 32.7 Å². The van der Waals surface area contributed by atoms with Crippen LogP contribution in [-0.2, 0) is 4.79 Å². The minimum absolute atomic E-state index is 0.00643. The van der Waals surface area contributed by atoms with Gasteiger partial charge in [0.15, 0.2) is 0 Å². The first-order valence-corrected chi connectivity index (χ1v) is 6.48. The van der Waals surface area contributed by atoms with Crippen molar-refractivity contribution >= 4 is 22.5 Å². The molecule has 0 aliphatic heterocycles. The number of nitrogens with one attached hydrogen (secondary N) is 1. The van der Waals surface area contributed by atoms with Gasteiger partial charge in [-0.3, -0.25) is 9.78 Å². The zero-order chi connectivity index (χ0) is 13.8. The van der Waals surface area contributed by atoms with E-state index < -0.39 is 0 Å². The molecule has 0 aliphatic carbocycles. The predicted molar refractivity (Wildman–Crippen MR) is 78.0 cm³/mol. The second-order valence-corrected chi connectivity index (χ2v) is 4.89. The van der Waals surface area contributed by atoms with Crippen LogP contribution in [-0.4, -0.2) is 16.9 Å². The van der Waals surface area contributed by atoms with Gasteiger partial charge >= 0.3 is 0 Å². The number of carbonyl (C=O) groups is 1. The predicted octanol–water partition coefficient (Wildman–Crippen LogP) is 2.61. The number of hydrogen-bond donors (Lipinski definition) is 2. The molecule has 100 valence electrons. The molecule has 0 fully saturated rings. The number of para-hydroxylation sites is 1. The maximum absolute atomic E-state index is 11.9. The second-order valence-electron chi connectivity index (χ2n) is 4.89. The van der Waals surface area contributed by atoms with Crippen LogP contribution in [0.1, 0.15) is 25.5 Å². The van der Waals surface area contributed by atoms with Gasteiger partial charge in [-0.15, -0.1) is 0 Å². The van der Waals surface area contributed by atoms with Gasteiger partial charge < -0.3 is 11.1 Å². The molecule has 4 nitrogen and oxygen atoms in total. The number of aromatic nitrogens is 1. The Hall–Kier alpha value is -1.94. The van der Waals surface area contributed by atoms with E-state index in [1.807, 2.05) is 44.2 Å². The van der Waals surface area contributed by atoms with Gasteiger partial charge in [0.1, 0.15) is 0 Å². The number of aryl methyl sites for hydroxylation is 1. The van der Waals surface area contributed by atoms with Gasteiger partial charge in [0.2, 0.25) is 5.91 Å². The van der Waals surface area contributed by atoms with Gasteiger partial charge in [-0.05, 0) is 32.4 Å². The Kier molecular flexibility index (Phi) is 4.12. The number of benzene rings is 1. The van der Waals surface area contributed by atoms with Crippen LogP contribution in [0.5, 0.6) is 0 Å². The molecule has 1 unspecified atom stereocenters. The number of rotatable bonds is 4. The number of hydrogen-bond acceptors (Lipinski definition) is 3. The van der Waals surface area contributed by atoms with Gasteiger partial charge in [-0.2, -0.15) is 0 Å². The zero-order valence-electron chi connectivity index (χ0n) is 11.3. The first-order valence-electron chi connectivity index (χ1n) is 6.48. The summed E-state index contributed by atoms with van der Waals surface area (Å²) in [7, 11) is 0. The van der Waals surface area contributed by atoms with Crippen LogP contribution in [0.2, 0.25) is 0 Å². The molecule has 0 saturated heterocycles.